The first-order chi connectivity index (χ1) is 5.36. The Labute approximate surface area is 89.4 Å². The van der Waals surface area contributed by atoms with Crippen LogP contribution >= 0.6 is 0 Å². The normalized spacial score (nSPS) is 9.33. The predicted molar refractivity (Wildman–Crippen MR) is 48.2 cm³/mol. The Morgan fingerprint density at radius 2 is 1.75 bits per heavy atom. The summed E-state index contributed by atoms with van der Waals surface area (Å²) in [6, 6.07) is 10.6. The van der Waals surface area contributed by atoms with Gasteiger partial charge in [-0.05, 0) is 12.1 Å². The van der Waals surface area contributed by atoms with Crippen molar-refractivity contribution in [1.29, 1.82) is 0 Å². The van der Waals surface area contributed by atoms with Crippen molar-refractivity contribution < 1.29 is 4.42 Å². The SMILES string of the molecule is O=c1ccc2ccccc2o1.[Pb]. The molecule has 12 heavy (non-hydrogen) atoms. The molecule has 1 heterocycles. The Hall–Kier alpha value is -0.648. The van der Waals surface area contributed by atoms with E-state index in [1.54, 1.807) is 12.1 Å². The first-order valence-electron chi connectivity index (χ1n) is 3.35. The molecular formula is C9H6O2Pb. The van der Waals surface area contributed by atoms with Crippen molar-refractivity contribution in [3.05, 3.63) is 46.8 Å². The summed E-state index contributed by atoms with van der Waals surface area (Å²) in [5.74, 6) is 0. The average molecular weight is 353 g/mol. The van der Waals surface area contributed by atoms with Gasteiger partial charge in [0.15, 0.2) is 0 Å². The topological polar surface area (TPSA) is 30.2 Å². The summed E-state index contributed by atoms with van der Waals surface area (Å²) < 4.78 is 4.91. The molecule has 0 spiro atoms. The Morgan fingerprint density at radius 3 is 2.58 bits per heavy atom. The van der Waals surface area contributed by atoms with E-state index in [1.165, 1.54) is 6.07 Å². The van der Waals surface area contributed by atoms with Crippen molar-refractivity contribution >= 4 is 38.3 Å². The third-order valence-electron chi connectivity index (χ3n) is 1.53. The van der Waals surface area contributed by atoms with E-state index in [4.69, 9.17) is 4.42 Å². The van der Waals surface area contributed by atoms with Gasteiger partial charge in [-0.3, -0.25) is 0 Å². The van der Waals surface area contributed by atoms with E-state index < -0.39 is 0 Å². The standard InChI is InChI=1S/C9H6O2.Pb/c10-9-6-5-7-3-1-2-4-8(7)11-9;/h1-6H;. The molecule has 0 aliphatic rings. The first kappa shape index (κ1) is 9.44. The largest absolute Gasteiger partial charge is 0.423 e. The third-order valence-corrected chi connectivity index (χ3v) is 1.53. The number of fused-ring (bicyclic) bond motifs is 1. The molecule has 0 aliphatic carbocycles. The molecular weight excluding hydrogens is 347 g/mol. The van der Waals surface area contributed by atoms with E-state index in [1.807, 2.05) is 18.2 Å². The fraction of sp³-hybridized carbons (Fsp3) is 0. The van der Waals surface area contributed by atoms with E-state index in [-0.39, 0.29) is 32.9 Å². The monoisotopic (exact) mass is 354 g/mol. The molecule has 0 amide bonds. The van der Waals surface area contributed by atoms with Crippen molar-refractivity contribution in [2.75, 3.05) is 0 Å². The molecule has 2 rings (SSSR count). The summed E-state index contributed by atoms with van der Waals surface area (Å²) in [6.45, 7) is 0. The summed E-state index contributed by atoms with van der Waals surface area (Å²) >= 11 is 0. The molecule has 0 atom stereocenters. The van der Waals surface area contributed by atoms with Gasteiger partial charge in [-0.2, -0.15) is 0 Å². The molecule has 0 N–H and O–H groups in total. The minimum atomic E-state index is -0.302. The van der Waals surface area contributed by atoms with Gasteiger partial charge < -0.3 is 4.42 Å². The van der Waals surface area contributed by atoms with Crippen LogP contribution in [0.3, 0.4) is 0 Å². The van der Waals surface area contributed by atoms with E-state index in [2.05, 4.69) is 0 Å². The smallest absolute Gasteiger partial charge is 0.336 e. The van der Waals surface area contributed by atoms with Crippen LogP contribution in [0.25, 0.3) is 11.0 Å². The average Bonchev–Trinajstić information content (AvgIpc) is 2.04. The predicted octanol–water partition coefficient (Wildman–Crippen LogP) is 1.41. The van der Waals surface area contributed by atoms with Crippen LogP contribution < -0.4 is 5.63 Å². The quantitative estimate of drug-likeness (QED) is 0.530. The molecule has 58 valence electrons. The number of para-hydroxylation sites is 1. The van der Waals surface area contributed by atoms with Crippen molar-refractivity contribution in [3.8, 4) is 0 Å². The Morgan fingerprint density at radius 1 is 1.00 bits per heavy atom. The van der Waals surface area contributed by atoms with Gasteiger partial charge in [-0.25, -0.2) is 4.79 Å². The zero-order valence-electron chi connectivity index (χ0n) is 6.28. The molecule has 0 bridgehead atoms. The van der Waals surface area contributed by atoms with Crippen molar-refractivity contribution in [2.45, 2.75) is 0 Å². The second-order valence-electron chi connectivity index (χ2n) is 2.29. The molecule has 4 radical (unpaired) electrons. The van der Waals surface area contributed by atoms with Crippen molar-refractivity contribution in [1.82, 2.24) is 0 Å². The van der Waals surface area contributed by atoms with Gasteiger partial charge in [0.05, 0.1) is 0 Å². The van der Waals surface area contributed by atoms with Crippen LogP contribution in [0.15, 0.2) is 45.6 Å². The maximum atomic E-state index is 10.7. The van der Waals surface area contributed by atoms with E-state index in [0.29, 0.717) is 5.58 Å². The van der Waals surface area contributed by atoms with Crippen LogP contribution in [0.5, 0.6) is 0 Å². The van der Waals surface area contributed by atoms with Crippen LogP contribution in [-0.4, -0.2) is 27.3 Å². The van der Waals surface area contributed by atoms with Crippen LogP contribution in [0.1, 0.15) is 0 Å². The number of benzene rings is 1. The van der Waals surface area contributed by atoms with Gasteiger partial charge in [0.25, 0.3) is 0 Å². The minimum absolute atomic E-state index is 0. The van der Waals surface area contributed by atoms with Crippen molar-refractivity contribution in [3.63, 3.8) is 0 Å². The summed E-state index contributed by atoms with van der Waals surface area (Å²) in [4.78, 5) is 10.7. The second kappa shape index (κ2) is 3.84. The van der Waals surface area contributed by atoms with Gasteiger partial charge >= 0.3 is 5.63 Å². The molecule has 0 saturated carbocycles. The molecule has 2 aromatic rings. The Balaban J connectivity index is 0.000000720. The molecule has 1 aromatic heterocycles. The molecule has 3 heteroatoms. The summed E-state index contributed by atoms with van der Waals surface area (Å²) in [6.07, 6.45) is 0. The van der Waals surface area contributed by atoms with Gasteiger partial charge in [0, 0.05) is 38.8 Å². The minimum Gasteiger partial charge on any atom is -0.423 e. The van der Waals surface area contributed by atoms with Gasteiger partial charge in [0.1, 0.15) is 5.58 Å². The van der Waals surface area contributed by atoms with Gasteiger partial charge in [-0.15, -0.1) is 0 Å². The summed E-state index contributed by atoms with van der Waals surface area (Å²) in [5.41, 5.74) is 0.337. The zero-order chi connectivity index (χ0) is 7.68. The maximum absolute atomic E-state index is 10.7. The van der Waals surface area contributed by atoms with Crippen LogP contribution in [-0.2, 0) is 0 Å². The third kappa shape index (κ3) is 1.74. The molecule has 0 fully saturated rings. The molecule has 0 unspecified atom stereocenters. The fourth-order valence-corrected chi connectivity index (χ4v) is 1.01. The van der Waals surface area contributed by atoms with Crippen molar-refractivity contribution in [2.24, 2.45) is 0 Å². The molecule has 0 aliphatic heterocycles. The van der Waals surface area contributed by atoms with E-state index in [0.717, 1.165) is 5.39 Å². The zero-order valence-corrected chi connectivity index (χ0v) is 10.2. The first-order valence-corrected chi connectivity index (χ1v) is 3.35. The Kier molecular flexibility index (Phi) is 3.02. The summed E-state index contributed by atoms with van der Waals surface area (Å²) in [5, 5.41) is 0.951. The fourth-order valence-electron chi connectivity index (χ4n) is 1.01. The van der Waals surface area contributed by atoms with E-state index >= 15 is 0 Å². The molecule has 2 nitrogen and oxygen atoms in total. The van der Waals surface area contributed by atoms with Crippen LogP contribution in [0.2, 0.25) is 0 Å². The second-order valence-corrected chi connectivity index (χ2v) is 2.29. The maximum Gasteiger partial charge on any atom is 0.336 e. The summed E-state index contributed by atoms with van der Waals surface area (Å²) in [7, 11) is 0. The number of rotatable bonds is 0. The Bertz CT molecular complexity index is 433. The number of hydrogen-bond donors (Lipinski definition) is 0. The van der Waals surface area contributed by atoms with Gasteiger partial charge in [-0.1, -0.05) is 18.2 Å². The van der Waals surface area contributed by atoms with Gasteiger partial charge in [0.2, 0.25) is 0 Å². The number of hydrogen-bond acceptors (Lipinski definition) is 2. The van der Waals surface area contributed by atoms with Crippen LogP contribution in [0.4, 0.5) is 0 Å². The molecule has 0 saturated heterocycles. The molecule has 1 aromatic carbocycles. The van der Waals surface area contributed by atoms with E-state index in [9.17, 15) is 4.79 Å². The van der Waals surface area contributed by atoms with Crippen LogP contribution in [0, 0.1) is 0 Å².